The number of nitrogens with one attached hydrogen (secondary N) is 1. The fraction of sp³-hybridized carbons (Fsp3) is 0.350. The molecule has 0 atom stereocenters. The van der Waals surface area contributed by atoms with Gasteiger partial charge in [-0.25, -0.2) is 19.8 Å². The quantitative estimate of drug-likeness (QED) is 0.211. The summed E-state index contributed by atoms with van der Waals surface area (Å²) in [7, 11) is 0. The third kappa shape index (κ3) is 4.82. The molecule has 3 N–H and O–H groups in total. The van der Waals surface area contributed by atoms with Crippen LogP contribution in [-0.4, -0.2) is 43.2 Å². The van der Waals surface area contributed by atoms with Crippen LogP contribution >= 0.6 is 0 Å². The molecular formula is C20H25N9O2. The van der Waals surface area contributed by atoms with E-state index in [1.54, 1.807) is 42.9 Å². The Bertz CT molecular complexity index is 1160. The second kappa shape index (κ2) is 8.86. The molecule has 0 amide bonds. The van der Waals surface area contributed by atoms with Crippen LogP contribution in [0.5, 0.6) is 0 Å². The molecule has 3 aromatic rings. The molecule has 31 heavy (non-hydrogen) atoms. The van der Waals surface area contributed by atoms with Crippen molar-refractivity contribution in [3.63, 3.8) is 0 Å². The Balaban J connectivity index is 2.14. The Morgan fingerprint density at radius 3 is 2.74 bits per heavy atom. The number of carbonyl (C=O) groups is 1. The van der Waals surface area contributed by atoms with E-state index in [0.717, 1.165) is 11.9 Å². The number of azo groups is 1. The predicted molar refractivity (Wildman–Crippen MR) is 116 cm³/mol. The monoisotopic (exact) mass is 423 g/mol. The SMILES string of the molecule is CCOC(=O)C(=CN)C(N=Nc1c(C(C)(C)C)[nH]n2nc(C)nc12)=Nc1ccccn1. The maximum atomic E-state index is 12.4. The third-order valence-corrected chi connectivity index (χ3v) is 4.15. The van der Waals surface area contributed by atoms with Crippen molar-refractivity contribution in [2.75, 3.05) is 6.61 Å². The fourth-order valence-corrected chi connectivity index (χ4v) is 2.74. The summed E-state index contributed by atoms with van der Waals surface area (Å²) >= 11 is 0. The van der Waals surface area contributed by atoms with Gasteiger partial charge in [0.2, 0.25) is 5.65 Å². The summed E-state index contributed by atoms with van der Waals surface area (Å²) in [6.07, 6.45) is 2.67. The standard InChI is InChI=1S/C20H25N9O2/c1-6-31-19(30)13(11-21)17(24-14-9-7-8-10-22-14)26-25-15-16(20(3,4)5)28-29-18(15)23-12(2)27-29/h7-11,28H,6,21H2,1-5H3. The van der Waals surface area contributed by atoms with E-state index in [4.69, 9.17) is 10.5 Å². The maximum Gasteiger partial charge on any atom is 0.343 e. The highest BCUT2D eigenvalue weighted by molar-refractivity contribution is 6.19. The second-order valence-corrected chi connectivity index (χ2v) is 7.60. The normalized spacial score (nSPS) is 13.3. The number of carbonyl (C=O) groups excluding carboxylic acids is 1. The number of aromatic nitrogens is 5. The van der Waals surface area contributed by atoms with Crippen molar-refractivity contribution in [1.82, 2.24) is 24.8 Å². The van der Waals surface area contributed by atoms with Crippen LogP contribution in [0.15, 0.2) is 51.4 Å². The Morgan fingerprint density at radius 1 is 1.35 bits per heavy atom. The summed E-state index contributed by atoms with van der Waals surface area (Å²) in [5, 5.41) is 16.1. The minimum Gasteiger partial charge on any atom is -0.462 e. The van der Waals surface area contributed by atoms with Gasteiger partial charge in [-0.05, 0) is 26.0 Å². The molecule has 0 spiro atoms. The van der Waals surface area contributed by atoms with Crippen LogP contribution in [0.3, 0.4) is 0 Å². The van der Waals surface area contributed by atoms with Crippen LogP contribution in [-0.2, 0) is 14.9 Å². The summed E-state index contributed by atoms with van der Waals surface area (Å²) in [6, 6.07) is 5.19. The molecule has 0 bridgehead atoms. The van der Waals surface area contributed by atoms with Crippen LogP contribution in [0.4, 0.5) is 11.5 Å². The smallest absolute Gasteiger partial charge is 0.343 e. The number of nitrogens with zero attached hydrogens (tertiary/aromatic N) is 7. The lowest BCUT2D eigenvalue weighted by molar-refractivity contribution is -0.137. The first-order chi connectivity index (χ1) is 14.7. The van der Waals surface area contributed by atoms with Crippen molar-refractivity contribution < 1.29 is 9.53 Å². The van der Waals surface area contributed by atoms with Crippen molar-refractivity contribution in [2.24, 2.45) is 21.0 Å². The van der Waals surface area contributed by atoms with Crippen LogP contribution in [0.2, 0.25) is 0 Å². The number of amidine groups is 1. The average Bonchev–Trinajstić information content (AvgIpc) is 3.23. The van der Waals surface area contributed by atoms with Crippen molar-refractivity contribution in [3.05, 3.63) is 47.7 Å². The molecule has 0 aromatic carbocycles. The Hall–Kier alpha value is -3.89. The molecule has 0 saturated carbocycles. The number of pyridine rings is 1. The Labute approximate surface area is 179 Å². The highest BCUT2D eigenvalue weighted by Crippen LogP contribution is 2.34. The van der Waals surface area contributed by atoms with Crippen molar-refractivity contribution in [1.29, 1.82) is 0 Å². The Kier molecular flexibility index (Phi) is 6.23. The molecular weight excluding hydrogens is 398 g/mol. The molecule has 0 fully saturated rings. The first-order valence-electron chi connectivity index (χ1n) is 9.71. The maximum absolute atomic E-state index is 12.4. The van der Waals surface area contributed by atoms with Gasteiger partial charge in [0, 0.05) is 17.8 Å². The summed E-state index contributed by atoms with van der Waals surface area (Å²) in [5.74, 6) is 0.232. The Morgan fingerprint density at radius 2 is 2.13 bits per heavy atom. The number of nitrogens with two attached hydrogens (primary N) is 1. The van der Waals surface area contributed by atoms with Crippen molar-refractivity contribution >= 4 is 29.0 Å². The van der Waals surface area contributed by atoms with E-state index in [2.05, 4.69) is 35.4 Å². The van der Waals surface area contributed by atoms with Gasteiger partial charge in [-0.3, -0.25) is 5.10 Å². The van der Waals surface area contributed by atoms with Gasteiger partial charge in [0.15, 0.2) is 17.3 Å². The van der Waals surface area contributed by atoms with Crippen LogP contribution in [0, 0.1) is 6.92 Å². The first kappa shape index (κ1) is 21.8. The van der Waals surface area contributed by atoms with Crippen molar-refractivity contribution in [2.45, 2.75) is 40.0 Å². The van der Waals surface area contributed by atoms with E-state index >= 15 is 0 Å². The van der Waals surface area contributed by atoms with Gasteiger partial charge in [-0.1, -0.05) is 26.8 Å². The zero-order valence-corrected chi connectivity index (χ0v) is 18.1. The first-order valence-corrected chi connectivity index (χ1v) is 9.71. The van der Waals surface area contributed by atoms with Gasteiger partial charge in [-0.2, -0.15) is 4.63 Å². The summed E-state index contributed by atoms with van der Waals surface area (Å²) in [6.45, 7) is 9.73. The second-order valence-electron chi connectivity index (χ2n) is 7.60. The van der Waals surface area contributed by atoms with E-state index in [9.17, 15) is 4.79 Å². The average molecular weight is 423 g/mol. The number of esters is 1. The number of aromatic amines is 1. The van der Waals surface area contributed by atoms with Gasteiger partial charge in [0.05, 0.1) is 12.3 Å². The summed E-state index contributed by atoms with van der Waals surface area (Å²) < 4.78 is 6.63. The molecule has 0 radical (unpaired) electrons. The number of ether oxygens (including phenoxy) is 1. The number of hydrogen-bond donors (Lipinski definition) is 2. The van der Waals surface area contributed by atoms with Gasteiger partial charge >= 0.3 is 5.97 Å². The minimum absolute atomic E-state index is 0.0298. The highest BCUT2D eigenvalue weighted by Gasteiger charge is 2.26. The van der Waals surface area contributed by atoms with E-state index in [1.807, 2.05) is 20.8 Å². The molecule has 3 aromatic heterocycles. The number of rotatable bonds is 5. The number of fused-ring (bicyclic) bond motifs is 1. The summed E-state index contributed by atoms with van der Waals surface area (Å²) in [5.41, 5.74) is 7.15. The fourth-order valence-electron chi connectivity index (χ4n) is 2.74. The van der Waals surface area contributed by atoms with Gasteiger partial charge in [0.25, 0.3) is 0 Å². The lowest BCUT2D eigenvalue weighted by atomic mass is 9.91. The van der Waals surface area contributed by atoms with Crippen LogP contribution in [0.25, 0.3) is 5.65 Å². The van der Waals surface area contributed by atoms with E-state index in [0.29, 0.717) is 23.0 Å². The van der Waals surface area contributed by atoms with Gasteiger partial charge in [-0.15, -0.1) is 15.3 Å². The van der Waals surface area contributed by atoms with Gasteiger partial charge < -0.3 is 10.5 Å². The molecule has 3 heterocycles. The minimum atomic E-state index is -0.660. The molecule has 0 aliphatic heterocycles. The largest absolute Gasteiger partial charge is 0.462 e. The lowest BCUT2D eigenvalue weighted by Gasteiger charge is -2.16. The number of aryl methyl sites for hydroxylation is 1. The zero-order chi connectivity index (χ0) is 22.6. The van der Waals surface area contributed by atoms with Crippen LogP contribution in [0.1, 0.15) is 39.2 Å². The summed E-state index contributed by atoms with van der Waals surface area (Å²) in [4.78, 5) is 25.3. The van der Waals surface area contributed by atoms with Crippen LogP contribution < -0.4 is 5.73 Å². The van der Waals surface area contributed by atoms with E-state index in [1.165, 1.54) is 0 Å². The third-order valence-electron chi connectivity index (χ3n) is 4.15. The number of aliphatic imine (C=N–C) groups is 1. The van der Waals surface area contributed by atoms with Crippen molar-refractivity contribution in [3.8, 4) is 0 Å². The molecule has 0 unspecified atom stereocenters. The number of H-pyrrole nitrogens is 1. The molecule has 0 saturated heterocycles. The van der Waals surface area contributed by atoms with E-state index < -0.39 is 5.97 Å². The topological polar surface area (TPSA) is 148 Å². The predicted octanol–water partition coefficient (Wildman–Crippen LogP) is 3.28. The highest BCUT2D eigenvalue weighted by atomic mass is 16.5. The molecule has 162 valence electrons. The van der Waals surface area contributed by atoms with Gasteiger partial charge in [0.1, 0.15) is 11.4 Å². The molecule has 0 aliphatic carbocycles. The molecule has 0 aliphatic rings. The zero-order valence-electron chi connectivity index (χ0n) is 18.1. The molecule has 11 nitrogen and oxygen atoms in total. The number of hydrogen-bond acceptors (Lipinski definition) is 8. The molecule has 11 heteroatoms. The lowest BCUT2D eigenvalue weighted by Crippen LogP contribution is -2.16. The molecule has 3 rings (SSSR count). The van der Waals surface area contributed by atoms with E-state index in [-0.39, 0.29) is 23.4 Å².